The summed E-state index contributed by atoms with van der Waals surface area (Å²) in [7, 11) is 0. The average Bonchev–Trinajstić information content (AvgIpc) is 2.30. The van der Waals surface area contributed by atoms with E-state index in [1.165, 1.54) is 5.56 Å². The van der Waals surface area contributed by atoms with Crippen LogP contribution >= 0.6 is 0 Å². The van der Waals surface area contributed by atoms with Gasteiger partial charge in [0.25, 0.3) is 0 Å². The molecule has 0 amide bonds. The summed E-state index contributed by atoms with van der Waals surface area (Å²) in [5.74, 6) is 0.836. The van der Waals surface area contributed by atoms with Gasteiger partial charge in [0.2, 0.25) is 0 Å². The van der Waals surface area contributed by atoms with Crippen LogP contribution < -0.4 is 4.74 Å². The minimum Gasteiger partial charge on any atom is -0.490 e. The topological polar surface area (TPSA) is 33.0 Å². The Balaban J connectivity index is 2.72. The highest BCUT2D eigenvalue weighted by Gasteiger charge is 2.17. The zero-order valence-electron chi connectivity index (χ0n) is 11.2. The molecule has 1 atom stereocenters. The Bertz CT molecular complexity index is 386. The molecular formula is C15H21NO. The third-order valence-electron chi connectivity index (χ3n) is 3.24. The summed E-state index contributed by atoms with van der Waals surface area (Å²) in [6.45, 7) is 8.58. The van der Waals surface area contributed by atoms with E-state index in [9.17, 15) is 0 Å². The number of nitrogens with zero attached hydrogens (tertiary/aromatic N) is 1. The van der Waals surface area contributed by atoms with E-state index in [2.05, 4.69) is 39.0 Å². The van der Waals surface area contributed by atoms with Crippen molar-refractivity contribution in [1.82, 2.24) is 0 Å². The molecule has 0 bridgehead atoms. The van der Waals surface area contributed by atoms with E-state index in [-0.39, 0.29) is 11.5 Å². The van der Waals surface area contributed by atoms with Gasteiger partial charge >= 0.3 is 0 Å². The van der Waals surface area contributed by atoms with Gasteiger partial charge in [0.1, 0.15) is 11.9 Å². The molecule has 0 aliphatic carbocycles. The van der Waals surface area contributed by atoms with E-state index in [1.807, 2.05) is 19.1 Å². The highest BCUT2D eigenvalue weighted by molar-refractivity contribution is 5.31. The SMILES string of the molecule is CCC(C)(C)c1ccc(OC(C)CC#N)cc1. The third-order valence-corrected chi connectivity index (χ3v) is 3.24. The van der Waals surface area contributed by atoms with Crippen LogP contribution in [0.5, 0.6) is 5.75 Å². The number of nitriles is 1. The summed E-state index contributed by atoms with van der Waals surface area (Å²) in [5, 5.41) is 8.57. The summed E-state index contributed by atoms with van der Waals surface area (Å²) >= 11 is 0. The van der Waals surface area contributed by atoms with Crippen molar-refractivity contribution in [2.75, 3.05) is 0 Å². The van der Waals surface area contributed by atoms with E-state index in [1.54, 1.807) is 0 Å². The summed E-state index contributed by atoms with van der Waals surface area (Å²) in [6, 6.07) is 10.3. The predicted molar refractivity (Wildman–Crippen MR) is 70.1 cm³/mol. The van der Waals surface area contributed by atoms with Gasteiger partial charge in [0.15, 0.2) is 0 Å². The molecule has 0 N–H and O–H groups in total. The normalized spacial score (nSPS) is 12.9. The third kappa shape index (κ3) is 3.78. The lowest BCUT2D eigenvalue weighted by atomic mass is 9.82. The lowest BCUT2D eigenvalue weighted by Crippen LogP contribution is -2.15. The van der Waals surface area contributed by atoms with Crippen LogP contribution in [0.4, 0.5) is 0 Å². The smallest absolute Gasteiger partial charge is 0.119 e. The standard InChI is InChI=1S/C15H21NO/c1-5-15(3,4)13-6-8-14(9-7-13)17-12(2)10-11-16/h6-9,12H,5,10H2,1-4H3. The summed E-state index contributed by atoms with van der Waals surface area (Å²) in [4.78, 5) is 0. The molecule has 1 aromatic rings. The molecule has 0 saturated heterocycles. The lowest BCUT2D eigenvalue weighted by Gasteiger charge is -2.23. The van der Waals surface area contributed by atoms with Crippen molar-refractivity contribution in [2.45, 2.75) is 52.1 Å². The van der Waals surface area contributed by atoms with Crippen molar-refractivity contribution in [3.8, 4) is 11.8 Å². The Morgan fingerprint density at radius 2 is 1.88 bits per heavy atom. The maximum absolute atomic E-state index is 8.57. The molecule has 0 aliphatic heterocycles. The van der Waals surface area contributed by atoms with Gasteiger partial charge in [-0.1, -0.05) is 32.9 Å². The van der Waals surface area contributed by atoms with Crippen molar-refractivity contribution in [3.63, 3.8) is 0 Å². The number of hydrogen-bond donors (Lipinski definition) is 0. The molecule has 0 spiro atoms. The minimum atomic E-state index is -0.0509. The van der Waals surface area contributed by atoms with E-state index >= 15 is 0 Å². The van der Waals surface area contributed by atoms with Crippen molar-refractivity contribution < 1.29 is 4.74 Å². The molecule has 0 saturated carbocycles. The Hall–Kier alpha value is -1.49. The Morgan fingerprint density at radius 3 is 2.35 bits per heavy atom. The second kappa shape index (κ2) is 5.72. The van der Waals surface area contributed by atoms with Gasteiger partial charge in [0, 0.05) is 0 Å². The Morgan fingerprint density at radius 1 is 1.29 bits per heavy atom. The first-order chi connectivity index (χ1) is 7.99. The number of ether oxygens (including phenoxy) is 1. The monoisotopic (exact) mass is 231 g/mol. The molecule has 1 unspecified atom stereocenters. The second-order valence-corrected chi connectivity index (χ2v) is 5.05. The fourth-order valence-electron chi connectivity index (χ4n) is 1.59. The molecule has 2 heteroatoms. The van der Waals surface area contributed by atoms with Crippen molar-refractivity contribution in [1.29, 1.82) is 5.26 Å². The van der Waals surface area contributed by atoms with Crippen molar-refractivity contribution in [3.05, 3.63) is 29.8 Å². The molecular weight excluding hydrogens is 210 g/mol. The van der Waals surface area contributed by atoms with Gasteiger partial charge in [0.05, 0.1) is 12.5 Å². The molecule has 0 heterocycles. The molecule has 1 aromatic carbocycles. The first kappa shape index (κ1) is 13.6. The van der Waals surface area contributed by atoms with Gasteiger partial charge < -0.3 is 4.74 Å². The first-order valence-electron chi connectivity index (χ1n) is 6.13. The molecule has 17 heavy (non-hydrogen) atoms. The van der Waals surface area contributed by atoms with Gasteiger partial charge in [-0.15, -0.1) is 0 Å². The fraction of sp³-hybridized carbons (Fsp3) is 0.533. The van der Waals surface area contributed by atoms with Gasteiger partial charge in [-0.3, -0.25) is 0 Å². The van der Waals surface area contributed by atoms with Gasteiger partial charge in [-0.2, -0.15) is 5.26 Å². The molecule has 92 valence electrons. The molecule has 2 nitrogen and oxygen atoms in total. The number of hydrogen-bond acceptors (Lipinski definition) is 2. The Labute approximate surface area is 104 Å². The molecule has 0 aliphatic rings. The molecule has 1 rings (SSSR count). The quantitative estimate of drug-likeness (QED) is 0.765. The van der Waals surface area contributed by atoms with E-state index < -0.39 is 0 Å². The van der Waals surface area contributed by atoms with Crippen LogP contribution in [-0.4, -0.2) is 6.10 Å². The summed E-state index contributed by atoms with van der Waals surface area (Å²) < 4.78 is 5.63. The van der Waals surface area contributed by atoms with E-state index in [0.29, 0.717) is 6.42 Å². The second-order valence-electron chi connectivity index (χ2n) is 5.05. The van der Waals surface area contributed by atoms with Crippen LogP contribution in [0.2, 0.25) is 0 Å². The molecule has 0 radical (unpaired) electrons. The lowest BCUT2D eigenvalue weighted by molar-refractivity contribution is 0.227. The van der Waals surface area contributed by atoms with Gasteiger partial charge in [-0.05, 0) is 36.5 Å². The number of rotatable bonds is 5. The maximum atomic E-state index is 8.57. The van der Waals surface area contributed by atoms with Gasteiger partial charge in [-0.25, -0.2) is 0 Å². The Kier molecular flexibility index (Phi) is 4.57. The molecule has 0 aromatic heterocycles. The van der Waals surface area contributed by atoms with Crippen molar-refractivity contribution >= 4 is 0 Å². The zero-order valence-corrected chi connectivity index (χ0v) is 11.2. The summed E-state index contributed by atoms with van der Waals surface area (Å²) in [6.07, 6.45) is 1.48. The number of benzene rings is 1. The summed E-state index contributed by atoms with van der Waals surface area (Å²) in [5.41, 5.74) is 1.52. The largest absolute Gasteiger partial charge is 0.490 e. The predicted octanol–water partition coefficient (Wildman–Crippen LogP) is 4.06. The van der Waals surface area contributed by atoms with Crippen LogP contribution in [0.1, 0.15) is 46.1 Å². The maximum Gasteiger partial charge on any atom is 0.119 e. The fourth-order valence-corrected chi connectivity index (χ4v) is 1.59. The van der Waals surface area contributed by atoms with Crippen molar-refractivity contribution in [2.24, 2.45) is 0 Å². The van der Waals surface area contributed by atoms with Crippen LogP contribution in [0, 0.1) is 11.3 Å². The highest BCUT2D eigenvalue weighted by Crippen LogP contribution is 2.28. The molecule has 0 fully saturated rings. The van der Waals surface area contributed by atoms with Crippen LogP contribution in [0.3, 0.4) is 0 Å². The highest BCUT2D eigenvalue weighted by atomic mass is 16.5. The zero-order chi connectivity index (χ0) is 12.9. The van der Waals surface area contributed by atoms with E-state index in [4.69, 9.17) is 10.00 Å². The van der Waals surface area contributed by atoms with Crippen LogP contribution in [0.25, 0.3) is 0 Å². The first-order valence-corrected chi connectivity index (χ1v) is 6.13. The average molecular weight is 231 g/mol. The van der Waals surface area contributed by atoms with Crippen LogP contribution in [-0.2, 0) is 5.41 Å². The van der Waals surface area contributed by atoms with Crippen LogP contribution in [0.15, 0.2) is 24.3 Å². The minimum absolute atomic E-state index is 0.0509. The van der Waals surface area contributed by atoms with E-state index in [0.717, 1.165) is 12.2 Å².